The summed E-state index contributed by atoms with van der Waals surface area (Å²) in [5.74, 6) is 0.521. The fraction of sp³-hybridized carbons (Fsp3) is 0.333. The van der Waals surface area contributed by atoms with Gasteiger partial charge in [-0.3, -0.25) is 9.59 Å². The third kappa shape index (κ3) is 5.15. The lowest BCUT2D eigenvalue weighted by atomic mass is 9.99. The van der Waals surface area contributed by atoms with Gasteiger partial charge in [-0.15, -0.1) is 0 Å². The average molecular weight is 538 g/mol. The number of benzene rings is 2. The third-order valence-corrected chi connectivity index (χ3v) is 7.02. The number of halogens is 1. The van der Waals surface area contributed by atoms with Crippen molar-refractivity contribution in [2.75, 3.05) is 38.8 Å². The number of nitrogens with one attached hydrogen (secondary N) is 2. The number of carbonyl (C=O) groups excluding carboxylic acids is 2. The second kappa shape index (κ2) is 10.6. The summed E-state index contributed by atoms with van der Waals surface area (Å²) in [5, 5.41) is 16.1. The molecular weight excluding hydrogens is 510 g/mol. The minimum absolute atomic E-state index is 0.0647. The lowest BCUT2D eigenvalue weighted by Gasteiger charge is -2.40. The van der Waals surface area contributed by atoms with Gasteiger partial charge in [-0.1, -0.05) is 35.9 Å². The number of ether oxygens (including phenoxy) is 2. The molecule has 0 bridgehead atoms. The van der Waals surface area contributed by atoms with Crippen molar-refractivity contribution in [1.29, 1.82) is 0 Å². The topological polar surface area (TPSA) is 126 Å². The fourth-order valence-electron chi connectivity index (χ4n) is 4.51. The number of amides is 2. The SMILES string of the molecule is COc1cccc(C(C)NC(=O)CN2Cc3ccc(-c4nc(NC5(CO)COC5)ncc4Cl)cc3C2=O)c1. The van der Waals surface area contributed by atoms with E-state index >= 15 is 0 Å². The first-order valence-corrected chi connectivity index (χ1v) is 12.5. The number of carbonyl (C=O) groups is 2. The summed E-state index contributed by atoms with van der Waals surface area (Å²) < 4.78 is 10.5. The molecule has 2 amide bonds. The van der Waals surface area contributed by atoms with Crippen LogP contribution in [0.1, 0.15) is 34.5 Å². The second-order valence-electron chi connectivity index (χ2n) is 9.55. The predicted molar refractivity (Wildman–Crippen MR) is 141 cm³/mol. The van der Waals surface area contributed by atoms with E-state index in [1.807, 2.05) is 43.3 Å². The maximum Gasteiger partial charge on any atom is 0.254 e. The number of aliphatic hydroxyl groups is 1. The Bertz CT molecular complexity index is 1370. The highest BCUT2D eigenvalue weighted by molar-refractivity contribution is 6.33. The van der Waals surface area contributed by atoms with Crippen molar-refractivity contribution < 1.29 is 24.2 Å². The Labute approximate surface area is 224 Å². The molecule has 1 atom stereocenters. The first kappa shape index (κ1) is 25.9. The standard InChI is InChI=1S/C27H28ClN5O5/c1-16(17-4-3-5-20(8-17)37-2)30-23(35)12-33-11-19-7-6-18(9-21(19)25(33)36)24-22(28)10-29-26(31-24)32-27(13-34)14-38-15-27/h3-10,16,34H,11-15H2,1-2H3,(H,30,35)(H,29,31,32). The first-order chi connectivity index (χ1) is 18.3. The van der Waals surface area contributed by atoms with E-state index in [1.165, 1.54) is 11.1 Å². The molecule has 0 saturated carbocycles. The van der Waals surface area contributed by atoms with Gasteiger partial charge in [-0.05, 0) is 36.2 Å². The Kier molecular flexibility index (Phi) is 7.20. The molecule has 3 aromatic rings. The highest BCUT2D eigenvalue weighted by Crippen LogP contribution is 2.32. The molecule has 2 aliphatic rings. The van der Waals surface area contributed by atoms with Crippen LogP contribution in [0.5, 0.6) is 5.75 Å². The molecule has 0 radical (unpaired) electrons. The zero-order chi connectivity index (χ0) is 26.9. The van der Waals surface area contributed by atoms with Gasteiger partial charge in [0.2, 0.25) is 11.9 Å². The number of rotatable bonds is 9. The Hall–Kier alpha value is -3.73. The van der Waals surface area contributed by atoms with Crippen molar-refractivity contribution >= 4 is 29.4 Å². The maximum atomic E-state index is 13.2. The van der Waals surface area contributed by atoms with Gasteiger partial charge in [0, 0.05) is 17.7 Å². The summed E-state index contributed by atoms with van der Waals surface area (Å²) in [5.41, 5.74) is 2.71. The van der Waals surface area contributed by atoms with Crippen LogP contribution < -0.4 is 15.4 Å². The molecule has 1 unspecified atom stereocenters. The highest BCUT2D eigenvalue weighted by atomic mass is 35.5. The first-order valence-electron chi connectivity index (χ1n) is 12.2. The van der Waals surface area contributed by atoms with Crippen molar-refractivity contribution in [3.05, 3.63) is 70.4 Å². The number of anilines is 1. The average Bonchev–Trinajstić information content (AvgIpc) is 3.21. The Morgan fingerprint density at radius 2 is 2.11 bits per heavy atom. The molecular formula is C27H28ClN5O5. The lowest BCUT2D eigenvalue weighted by molar-refractivity contribution is -0.122. The van der Waals surface area contributed by atoms with Gasteiger partial charge in [0.15, 0.2) is 0 Å². The van der Waals surface area contributed by atoms with Crippen molar-refractivity contribution in [3.63, 3.8) is 0 Å². The van der Waals surface area contributed by atoms with E-state index in [-0.39, 0.29) is 31.0 Å². The maximum absolute atomic E-state index is 13.2. The summed E-state index contributed by atoms with van der Waals surface area (Å²) in [4.78, 5) is 36.2. The van der Waals surface area contributed by atoms with Crippen molar-refractivity contribution in [3.8, 4) is 17.0 Å². The molecule has 2 aliphatic heterocycles. The minimum Gasteiger partial charge on any atom is -0.497 e. The van der Waals surface area contributed by atoms with E-state index < -0.39 is 5.54 Å². The fourth-order valence-corrected chi connectivity index (χ4v) is 4.71. The van der Waals surface area contributed by atoms with E-state index in [0.717, 1.165) is 11.1 Å². The molecule has 0 spiro atoms. The van der Waals surface area contributed by atoms with Gasteiger partial charge in [0.25, 0.3) is 5.91 Å². The van der Waals surface area contributed by atoms with Gasteiger partial charge in [0.05, 0.1) is 49.9 Å². The van der Waals surface area contributed by atoms with Gasteiger partial charge < -0.3 is 30.1 Å². The molecule has 1 saturated heterocycles. The van der Waals surface area contributed by atoms with E-state index in [1.54, 1.807) is 13.2 Å². The molecule has 1 aromatic heterocycles. The molecule has 10 nitrogen and oxygen atoms in total. The Morgan fingerprint density at radius 3 is 2.82 bits per heavy atom. The summed E-state index contributed by atoms with van der Waals surface area (Å²) in [6, 6.07) is 12.7. The van der Waals surface area contributed by atoms with Crippen LogP contribution in [0.25, 0.3) is 11.3 Å². The summed E-state index contributed by atoms with van der Waals surface area (Å²) in [6.45, 7) is 2.72. The molecule has 11 heteroatoms. The number of methoxy groups -OCH3 is 1. The monoisotopic (exact) mass is 537 g/mol. The van der Waals surface area contributed by atoms with E-state index in [9.17, 15) is 14.7 Å². The van der Waals surface area contributed by atoms with Gasteiger partial charge in [-0.25, -0.2) is 9.97 Å². The number of nitrogens with zero attached hydrogens (tertiary/aromatic N) is 3. The Morgan fingerprint density at radius 1 is 1.29 bits per heavy atom. The minimum atomic E-state index is -0.621. The van der Waals surface area contributed by atoms with Crippen molar-refractivity contribution in [2.45, 2.75) is 25.0 Å². The molecule has 5 rings (SSSR count). The summed E-state index contributed by atoms with van der Waals surface area (Å²) >= 11 is 6.40. The largest absolute Gasteiger partial charge is 0.497 e. The van der Waals surface area contributed by atoms with Crippen molar-refractivity contribution in [1.82, 2.24) is 20.2 Å². The molecule has 3 heterocycles. The van der Waals surface area contributed by atoms with Gasteiger partial charge in [-0.2, -0.15) is 0 Å². The van der Waals surface area contributed by atoms with E-state index in [4.69, 9.17) is 21.1 Å². The smallest absolute Gasteiger partial charge is 0.254 e. The van der Waals surface area contributed by atoms with E-state index in [0.29, 0.717) is 53.3 Å². The van der Waals surface area contributed by atoms with Gasteiger partial charge in [0.1, 0.15) is 17.8 Å². The van der Waals surface area contributed by atoms with Crippen LogP contribution in [0, 0.1) is 0 Å². The number of aromatic nitrogens is 2. The number of aliphatic hydroxyl groups excluding tert-OH is 1. The van der Waals surface area contributed by atoms with Crippen LogP contribution in [-0.4, -0.2) is 70.8 Å². The normalized spacial score (nSPS) is 16.4. The third-order valence-electron chi connectivity index (χ3n) is 6.75. The zero-order valence-corrected chi connectivity index (χ0v) is 21.8. The van der Waals surface area contributed by atoms with Crippen molar-refractivity contribution in [2.24, 2.45) is 0 Å². The van der Waals surface area contributed by atoms with Crippen LogP contribution in [0.3, 0.4) is 0 Å². The number of hydrogen-bond acceptors (Lipinski definition) is 8. The molecule has 2 aromatic carbocycles. The highest BCUT2D eigenvalue weighted by Gasteiger charge is 2.39. The van der Waals surface area contributed by atoms with Gasteiger partial charge >= 0.3 is 0 Å². The lowest BCUT2D eigenvalue weighted by Crippen LogP contribution is -2.58. The molecule has 0 aliphatic carbocycles. The molecule has 38 heavy (non-hydrogen) atoms. The molecule has 3 N–H and O–H groups in total. The van der Waals surface area contributed by atoms with Crippen LogP contribution in [0.2, 0.25) is 5.02 Å². The molecule has 198 valence electrons. The Balaban J connectivity index is 1.28. The van der Waals surface area contributed by atoms with Crippen LogP contribution in [0.4, 0.5) is 5.95 Å². The predicted octanol–water partition coefficient (Wildman–Crippen LogP) is 2.81. The number of hydrogen-bond donors (Lipinski definition) is 3. The quantitative estimate of drug-likeness (QED) is 0.380. The van der Waals surface area contributed by atoms with Crippen LogP contribution in [0.15, 0.2) is 48.7 Å². The molecule has 1 fully saturated rings. The second-order valence-corrected chi connectivity index (χ2v) is 9.95. The zero-order valence-electron chi connectivity index (χ0n) is 21.0. The summed E-state index contributed by atoms with van der Waals surface area (Å²) in [7, 11) is 1.59. The number of fused-ring (bicyclic) bond motifs is 1. The van der Waals surface area contributed by atoms with E-state index in [2.05, 4.69) is 20.6 Å². The summed E-state index contributed by atoms with van der Waals surface area (Å²) in [6.07, 6.45) is 1.48. The van der Waals surface area contributed by atoms with Crippen LogP contribution >= 0.6 is 11.6 Å². The van der Waals surface area contributed by atoms with Crippen LogP contribution in [-0.2, 0) is 16.1 Å².